The molecule has 1 fully saturated rings. The molecule has 1 unspecified atom stereocenters. The maximum atomic E-state index is 15.0. The molecule has 1 saturated heterocycles. The number of rotatable bonds is 15. The van der Waals surface area contributed by atoms with Crippen molar-refractivity contribution in [3.05, 3.63) is 12.2 Å². The predicted octanol–water partition coefficient (Wildman–Crippen LogP) is 3.02. The number of aliphatic hydroxyl groups is 1. The maximum absolute atomic E-state index is 15.0. The van der Waals surface area contributed by atoms with E-state index in [1.54, 1.807) is 20.8 Å². The molecule has 1 rings (SSSR count). The predicted molar refractivity (Wildman–Crippen MR) is 324 cm³/mol. The van der Waals surface area contributed by atoms with Crippen LogP contribution >= 0.6 is 0 Å². The fourth-order valence-electron chi connectivity index (χ4n) is 10.4. The molecule has 23 heteroatoms. The Labute approximate surface area is 502 Å². The van der Waals surface area contributed by atoms with Gasteiger partial charge in [0.25, 0.3) is 0 Å². The molecule has 1 aliphatic heterocycles. The van der Waals surface area contributed by atoms with Crippen molar-refractivity contribution in [2.24, 2.45) is 35.5 Å². The van der Waals surface area contributed by atoms with Gasteiger partial charge in [-0.15, -0.1) is 0 Å². The van der Waals surface area contributed by atoms with E-state index in [-0.39, 0.29) is 68.1 Å². The van der Waals surface area contributed by atoms with Crippen molar-refractivity contribution in [2.75, 3.05) is 55.9 Å². The zero-order valence-electron chi connectivity index (χ0n) is 55.2. The summed E-state index contributed by atoms with van der Waals surface area (Å²) in [6.07, 6.45) is 3.54. The molecule has 1 aliphatic rings. The van der Waals surface area contributed by atoms with E-state index in [2.05, 4.69) is 21.3 Å². The third-order valence-electron chi connectivity index (χ3n) is 15.7. The highest BCUT2D eigenvalue weighted by atomic mass is 16.3. The van der Waals surface area contributed by atoms with Gasteiger partial charge in [0.2, 0.25) is 65.0 Å². The Balaban J connectivity index is 4.27. The number of carbonyl (C=O) groups excluding carboxylic acids is 11. The number of aliphatic hydroxyl groups excluding tert-OH is 1. The van der Waals surface area contributed by atoms with E-state index in [4.69, 9.17) is 0 Å². The molecule has 480 valence electrons. The molecule has 0 aliphatic carbocycles. The lowest BCUT2D eigenvalue weighted by molar-refractivity contribution is -0.157. The topological polar surface area (TPSA) is 279 Å². The number of hydrogen-bond acceptors (Lipinski definition) is 12. The van der Waals surface area contributed by atoms with Crippen LogP contribution in [0.2, 0.25) is 0 Å². The first kappa shape index (κ1) is 75.9. The molecule has 12 atom stereocenters. The lowest BCUT2D eigenvalue weighted by Crippen LogP contribution is -2.62. The van der Waals surface area contributed by atoms with Crippen molar-refractivity contribution in [1.82, 2.24) is 55.6 Å². The van der Waals surface area contributed by atoms with Gasteiger partial charge in [-0.05, 0) is 108 Å². The number of amides is 11. The summed E-state index contributed by atoms with van der Waals surface area (Å²) in [5, 5.41) is 22.5. The van der Waals surface area contributed by atoms with Crippen LogP contribution in [0, 0.1) is 35.5 Å². The minimum Gasteiger partial charge on any atom is -0.391 e. The second-order valence-corrected chi connectivity index (χ2v) is 25.5. The van der Waals surface area contributed by atoms with Gasteiger partial charge in [0.1, 0.15) is 60.4 Å². The van der Waals surface area contributed by atoms with Crippen LogP contribution in [0.4, 0.5) is 0 Å². The number of hydrogen-bond donors (Lipinski definition) is 5. The van der Waals surface area contributed by atoms with Gasteiger partial charge in [-0.1, -0.05) is 95.2 Å². The normalized spacial score (nSPS) is 27.0. The van der Waals surface area contributed by atoms with Crippen LogP contribution in [0.5, 0.6) is 0 Å². The molecule has 84 heavy (non-hydrogen) atoms. The highest BCUT2D eigenvalue weighted by Crippen LogP contribution is 2.24. The largest absolute Gasteiger partial charge is 0.391 e. The van der Waals surface area contributed by atoms with Gasteiger partial charge >= 0.3 is 0 Å². The molecular weight excluding hydrogens is 1080 g/mol. The lowest BCUT2D eigenvalue weighted by Gasteiger charge is -2.40. The third-order valence-corrected chi connectivity index (χ3v) is 15.7. The standard InChI is InChI=1S/C61H109N11O12/c1-24-26-27-39(13)32-46-54(77)64-43(25-2)57(80)66(17)33-49(74)67(18)44(28-34(3)4)55(78)65-50(38(11)12)60(83)68(19)45(29-35(5)6)53(76)62-40(14)52(75)63-41(15)56(79)70(21)47(30-36(7)8)58(81)71(22)48(31-37(9)10)59(82)72(23)51(42(16)73)61(84)69(46)20/h24,26,34-48,50-51,73H,25,27-33H2,1-23H3,(H,62,76)(H,63,75)(H,64,77)(H,65,78)/b26-24+/t39-,40+,41-,42?,43+,44+,45+,46+,47+,48+,50+,51+/m1/s1. The summed E-state index contributed by atoms with van der Waals surface area (Å²) < 4.78 is 0. The molecular formula is C61H109N11O12. The Morgan fingerprint density at radius 2 is 0.857 bits per heavy atom. The van der Waals surface area contributed by atoms with Crippen LogP contribution < -0.4 is 21.3 Å². The Morgan fingerprint density at radius 1 is 0.464 bits per heavy atom. The summed E-state index contributed by atoms with van der Waals surface area (Å²) in [5.41, 5.74) is 0. The molecule has 11 amide bonds. The zero-order valence-corrected chi connectivity index (χ0v) is 55.2. The van der Waals surface area contributed by atoms with Crippen LogP contribution in [0.3, 0.4) is 0 Å². The van der Waals surface area contributed by atoms with Crippen molar-refractivity contribution in [3.63, 3.8) is 0 Å². The average Bonchev–Trinajstić information content (AvgIpc) is 2.64. The molecule has 1 heterocycles. The molecule has 0 aromatic heterocycles. The van der Waals surface area contributed by atoms with E-state index in [1.165, 1.54) is 89.7 Å². The van der Waals surface area contributed by atoms with Crippen molar-refractivity contribution in [1.29, 1.82) is 0 Å². The molecule has 0 aromatic carbocycles. The number of nitrogens with one attached hydrogen (secondary N) is 4. The molecule has 23 nitrogen and oxygen atoms in total. The van der Waals surface area contributed by atoms with E-state index in [0.29, 0.717) is 6.42 Å². The first-order valence-corrected chi connectivity index (χ1v) is 30.1. The number of nitrogens with zero attached hydrogens (tertiary/aromatic N) is 7. The molecule has 5 N–H and O–H groups in total. The highest BCUT2D eigenvalue weighted by Gasteiger charge is 2.44. The van der Waals surface area contributed by atoms with E-state index in [0.717, 1.165) is 14.7 Å². The minimum atomic E-state index is -1.58. The zero-order chi connectivity index (χ0) is 65.1. The monoisotopic (exact) mass is 1190 g/mol. The minimum absolute atomic E-state index is 0.0701. The van der Waals surface area contributed by atoms with E-state index < -0.39 is 144 Å². The fourth-order valence-corrected chi connectivity index (χ4v) is 10.4. The Morgan fingerprint density at radius 3 is 1.31 bits per heavy atom. The fraction of sp³-hybridized carbons (Fsp3) is 0.787. The summed E-state index contributed by atoms with van der Waals surface area (Å²) in [6.45, 7) is 27.4. The van der Waals surface area contributed by atoms with Crippen molar-refractivity contribution in [3.8, 4) is 0 Å². The van der Waals surface area contributed by atoms with Crippen molar-refractivity contribution in [2.45, 2.75) is 222 Å². The lowest BCUT2D eigenvalue weighted by atomic mass is 9.95. The van der Waals surface area contributed by atoms with E-state index >= 15 is 0 Å². The van der Waals surface area contributed by atoms with Crippen LogP contribution in [0.25, 0.3) is 0 Å². The average molecular weight is 1190 g/mol. The highest BCUT2D eigenvalue weighted by molar-refractivity contribution is 5.99. The van der Waals surface area contributed by atoms with Gasteiger partial charge in [-0.2, -0.15) is 0 Å². The molecule has 0 aromatic rings. The Hall–Kier alpha value is -6.13. The van der Waals surface area contributed by atoms with Gasteiger partial charge < -0.3 is 60.7 Å². The number of carbonyl (C=O) groups is 11. The van der Waals surface area contributed by atoms with Crippen molar-refractivity contribution >= 4 is 65.0 Å². The molecule has 0 spiro atoms. The summed E-state index contributed by atoms with van der Waals surface area (Å²) >= 11 is 0. The third kappa shape index (κ3) is 21.7. The second-order valence-electron chi connectivity index (χ2n) is 25.5. The summed E-state index contributed by atoms with van der Waals surface area (Å²) in [5.74, 6) is -8.71. The molecule has 0 radical (unpaired) electrons. The van der Waals surface area contributed by atoms with Gasteiger partial charge in [0, 0.05) is 49.3 Å². The summed E-state index contributed by atoms with van der Waals surface area (Å²) in [4.78, 5) is 168. The SMILES string of the molecule is C/C=C/C[C@@H](C)C[C@H]1C(=O)N[C@@H](CC)C(=O)N(C)CC(=O)N(C)[C@@H](CC(C)C)C(=O)N[C@@H](C(C)C)C(=O)N(C)[C@@H](CC(C)C)C(=O)N[C@@H](C)C(=O)N[C@H](C)C(=O)N(C)[C@@H](CC(C)C)C(=O)N(C)[C@@H](CC(C)C)C(=O)N(C)[C@@H](C(C)O)C(=O)N1C. The maximum Gasteiger partial charge on any atom is 0.248 e. The second kappa shape index (κ2) is 34.7. The molecule has 0 bridgehead atoms. The summed E-state index contributed by atoms with van der Waals surface area (Å²) in [6, 6.07) is -12.3. The van der Waals surface area contributed by atoms with Gasteiger partial charge in [-0.3, -0.25) is 52.7 Å². The van der Waals surface area contributed by atoms with Crippen LogP contribution in [-0.4, -0.2) is 227 Å². The van der Waals surface area contributed by atoms with Gasteiger partial charge in [0.15, 0.2) is 0 Å². The Bertz CT molecular complexity index is 2290. The number of likely N-dealkylation sites (N-methyl/N-ethyl adjacent to an activating group) is 7. The Kier molecular flexibility index (Phi) is 31.4. The number of allylic oxidation sites excluding steroid dienone is 2. The smallest absolute Gasteiger partial charge is 0.248 e. The quantitative estimate of drug-likeness (QED) is 0.148. The van der Waals surface area contributed by atoms with E-state index in [9.17, 15) is 57.8 Å². The van der Waals surface area contributed by atoms with E-state index in [1.807, 2.05) is 81.4 Å². The van der Waals surface area contributed by atoms with Gasteiger partial charge in [0.05, 0.1) is 12.6 Å². The van der Waals surface area contributed by atoms with Crippen LogP contribution in [0.15, 0.2) is 12.2 Å². The summed E-state index contributed by atoms with van der Waals surface area (Å²) in [7, 11) is 9.84. The van der Waals surface area contributed by atoms with Gasteiger partial charge in [-0.25, -0.2) is 0 Å². The molecule has 0 saturated carbocycles. The van der Waals surface area contributed by atoms with Crippen LogP contribution in [0.1, 0.15) is 156 Å². The first-order chi connectivity index (χ1) is 38.8. The van der Waals surface area contributed by atoms with Crippen LogP contribution in [-0.2, 0) is 52.7 Å². The van der Waals surface area contributed by atoms with Crippen molar-refractivity contribution < 1.29 is 57.8 Å². The first-order valence-electron chi connectivity index (χ1n) is 30.1.